The van der Waals surface area contributed by atoms with E-state index < -0.39 is 0 Å². The number of amides is 1. The summed E-state index contributed by atoms with van der Waals surface area (Å²) in [5.41, 5.74) is 0.709. The lowest BCUT2D eigenvalue weighted by atomic mass is 9.78. The van der Waals surface area contributed by atoms with Gasteiger partial charge in [0.2, 0.25) is 0 Å². The molecule has 0 aromatic heterocycles. The van der Waals surface area contributed by atoms with Gasteiger partial charge in [0.05, 0.1) is 0 Å². The van der Waals surface area contributed by atoms with E-state index in [4.69, 9.17) is 0 Å². The minimum Gasteiger partial charge on any atom is -0.349 e. The van der Waals surface area contributed by atoms with Gasteiger partial charge in [0.25, 0.3) is 5.91 Å². The Morgan fingerprint density at radius 2 is 2.05 bits per heavy atom. The van der Waals surface area contributed by atoms with Crippen LogP contribution in [0.25, 0.3) is 0 Å². The summed E-state index contributed by atoms with van der Waals surface area (Å²) in [5.74, 6) is 1.27. The number of rotatable bonds is 3. The first kappa shape index (κ1) is 14.4. The second-order valence-corrected chi connectivity index (χ2v) is 6.34. The van der Waals surface area contributed by atoms with Crippen LogP contribution >= 0.6 is 12.6 Å². The highest BCUT2D eigenvalue weighted by Gasteiger charge is 2.28. The Bertz CT molecular complexity index is 444. The molecule has 1 fully saturated rings. The lowest BCUT2D eigenvalue weighted by Crippen LogP contribution is -2.43. The molecule has 3 heteroatoms. The van der Waals surface area contributed by atoms with Crippen LogP contribution in [0.4, 0.5) is 0 Å². The second kappa shape index (κ2) is 6.47. The predicted octanol–water partition coefficient (Wildman–Crippen LogP) is 3.92. The fourth-order valence-electron chi connectivity index (χ4n) is 3.04. The zero-order chi connectivity index (χ0) is 13.8. The summed E-state index contributed by atoms with van der Waals surface area (Å²) < 4.78 is 0. The Balaban J connectivity index is 2.04. The smallest absolute Gasteiger partial charge is 0.251 e. The highest BCUT2D eigenvalue weighted by Crippen LogP contribution is 2.30. The number of carbonyl (C=O) groups is 1. The van der Waals surface area contributed by atoms with Gasteiger partial charge in [-0.15, -0.1) is 12.6 Å². The molecule has 0 bridgehead atoms. The molecule has 2 atom stereocenters. The van der Waals surface area contributed by atoms with Crippen LogP contribution in [0.3, 0.4) is 0 Å². The van der Waals surface area contributed by atoms with Crippen LogP contribution in [0.15, 0.2) is 29.2 Å². The molecule has 1 aliphatic carbocycles. The summed E-state index contributed by atoms with van der Waals surface area (Å²) in [6, 6.07) is 7.76. The molecule has 2 nitrogen and oxygen atoms in total. The summed E-state index contributed by atoms with van der Waals surface area (Å²) >= 11 is 4.29. The lowest BCUT2D eigenvalue weighted by Gasteiger charge is -2.34. The molecule has 104 valence electrons. The van der Waals surface area contributed by atoms with Crippen molar-refractivity contribution in [3.63, 3.8) is 0 Å². The maximum Gasteiger partial charge on any atom is 0.251 e. The first-order chi connectivity index (χ1) is 9.08. The Morgan fingerprint density at radius 3 is 2.74 bits per heavy atom. The summed E-state index contributed by atoms with van der Waals surface area (Å²) in [5, 5.41) is 3.22. The van der Waals surface area contributed by atoms with Gasteiger partial charge in [0, 0.05) is 16.5 Å². The minimum atomic E-state index is 0.0356. The van der Waals surface area contributed by atoms with E-state index >= 15 is 0 Å². The molecule has 0 saturated heterocycles. The number of benzene rings is 1. The zero-order valence-corrected chi connectivity index (χ0v) is 12.6. The van der Waals surface area contributed by atoms with Gasteiger partial charge >= 0.3 is 0 Å². The highest BCUT2D eigenvalue weighted by molar-refractivity contribution is 7.80. The predicted molar refractivity (Wildman–Crippen MR) is 81.7 cm³/mol. The average Bonchev–Trinajstić information content (AvgIpc) is 2.39. The van der Waals surface area contributed by atoms with E-state index in [0.717, 1.165) is 11.3 Å². The Labute approximate surface area is 121 Å². The van der Waals surface area contributed by atoms with Gasteiger partial charge in [-0.05, 0) is 42.9 Å². The summed E-state index contributed by atoms with van der Waals surface area (Å²) in [6.45, 7) is 4.51. The van der Waals surface area contributed by atoms with Crippen molar-refractivity contribution in [1.29, 1.82) is 0 Å². The van der Waals surface area contributed by atoms with Crippen molar-refractivity contribution in [2.24, 2.45) is 11.8 Å². The molecule has 1 aromatic rings. The summed E-state index contributed by atoms with van der Waals surface area (Å²) in [7, 11) is 0. The molecule has 0 radical (unpaired) electrons. The Morgan fingerprint density at radius 1 is 1.32 bits per heavy atom. The van der Waals surface area contributed by atoms with Crippen LogP contribution in [0.1, 0.15) is 49.9 Å². The number of nitrogens with one attached hydrogen (secondary N) is 1. The molecule has 1 aliphatic rings. The van der Waals surface area contributed by atoms with Crippen molar-refractivity contribution in [2.75, 3.05) is 0 Å². The van der Waals surface area contributed by atoms with Crippen molar-refractivity contribution >= 4 is 18.5 Å². The van der Waals surface area contributed by atoms with Crippen LogP contribution in [0, 0.1) is 11.8 Å². The van der Waals surface area contributed by atoms with E-state index in [-0.39, 0.29) is 5.91 Å². The van der Waals surface area contributed by atoms with Crippen LogP contribution in [-0.2, 0) is 0 Å². The summed E-state index contributed by atoms with van der Waals surface area (Å²) in [6.07, 6.45) is 4.85. The van der Waals surface area contributed by atoms with Crippen molar-refractivity contribution in [3.05, 3.63) is 29.8 Å². The van der Waals surface area contributed by atoms with E-state index in [9.17, 15) is 4.79 Å². The quantitative estimate of drug-likeness (QED) is 0.806. The monoisotopic (exact) mass is 277 g/mol. The third-order valence-corrected chi connectivity index (χ3v) is 4.38. The second-order valence-electron chi connectivity index (χ2n) is 5.82. The largest absolute Gasteiger partial charge is 0.349 e. The van der Waals surface area contributed by atoms with E-state index in [2.05, 4.69) is 31.8 Å². The fourth-order valence-corrected chi connectivity index (χ4v) is 3.26. The van der Waals surface area contributed by atoms with Gasteiger partial charge in [-0.3, -0.25) is 4.79 Å². The summed E-state index contributed by atoms with van der Waals surface area (Å²) in [4.78, 5) is 13.1. The Kier molecular flexibility index (Phi) is 4.92. The van der Waals surface area contributed by atoms with Gasteiger partial charge in [-0.1, -0.05) is 32.8 Å². The van der Waals surface area contributed by atoms with Crippen LogP contribution < -0.4 is 5.32 Å². The van der Waals surface area contributed by atoms with Crippen molar-refractivity contribution in [1.82, 2.24) is 5.32 Å². The van der Waals surface area contributed by atoms with Crippen molar-refractivity contribution in [3.8, 4) is 0 Å². The normalized spacial score (nSPS) is 23.4. The van der Waals surface area contributed by atoms with Crippen LogP contribution in [0.5, 0.6) is 0 Å². The van der Waals surface area contributed by atoms with E-state index in [0.29, 0.717) is 23.4 Å². The molecule has 2 unspecified atom stereocenters. The maximum atomic E-state index is 12.3. The van der Waals surface area contributed by atoms with Gasteiger partial charge in [0.15, 0.2) is 0 Å². The molecule has 0 heterocycles. The molecule has 0 aliphatic heterocycles. The fraction of sp³-hybridized carbons (Fsp3) is 0.562. The number of thiol groups is 1. The van der Waals surface area contributed by atoms with Crippen LogP contribution in [-0.4, -0.2) is 11.9 Å². The topological polar surface area (TPSA) is 29.1 Å². The zero-order valence-electron chi connectivity index (χ0n) is 11.7. The van der Waals surface area contributed by atoms with E-state index in [1.165, 1.54) is 19.3 Å². The minimum absolute atomic E-state index is 0.0356. The first-order valence-electron chi connectivity index (χ1n) is 7.18. The Hall–Kier alpha value is -0.960. The van der Waals surface area contributed by atoms with Crippen molar-refractivity contribution < 1.29 is 4.79 Å². The molecule has 2 rings (SSSR count). The molecule has 1 saturated carbocycles. The van der Waals surface area contributed by atoms with Gasteiger partial charge in [0.1, 0.15) is 0 Å². The lowest BCUT2D eigenvalue weighted by molar-refractivity contribution is 0.0889. The molecular weight excluding hydrogens is 254 g/mol. The van der Waals surface area contributed by atoms with Gasteiger partial charge in [-0.25, -0.2) is 0 Å². The third-order valence-electron chi connectivity index (χ3n) is 4.10. The van der Waals surface area contributed by atoms with Gasteiger partial charge < -0.3 is 5.32 Å². The third kappa shape index (κ3) is 3.75. The number of carbonyl (C=O) groups excluding carboxylic acids is 1. The number of hydrogen-bond acceptors (Lipinski definition) is 2. The van der Waals surface area contributed by atoms with Crippen molar-refractivity contribution in [2.45, 2.75) is 50.5 Å². The molecule has 1 amide bonds. The molecule has 1 N–H and O–H groups in total. The van der Waals surface area contributed by atoms with Crippen LogP contribution in [0.2, 0.25) is 0 Å². The molecular formula is C16H23NOS. The van der Waals surface area contributed by atoms with E-state index in [1.807, 2.05) is 24.3 Å². The highest BCUT2D eigenvalue weighted by atomic mass is 32.1. The molecule has 1 aromatic carbocycles. The standard InChI is InChI=1S/C16H23NOS/c1-11(2)14-8-3-4-9-15(14)17-16(18)12-6-5-7-13(19)10-12/h5-7,10-11,14-15,19H,3-4,8-9H2,1-2H3,(H,17,18). The number of hydrogen-bond donors (Lipinski definition) is 2. The van der Waals surface area contributed by atoms with E-state index in [1.54, 1.807) is 0 Å². The SMILES string of the molecule is CC(C)C1CCCCC1NC(=O)c1cccc(S)c1. The molecule has 19 heavy (non-hydrogen) atoms. The van der Waals surface area contributed by atoms with Gasteiger partial charge in [-0.2, -0.15) is 0 Å². The first-order valence-corrected chi connectivity index (χ1v) is 7.62. The maximum absolute atomic E-state index is 12.3. The average molecular weight is 277 g/mol. The molecule has 0 spiro atoms.